The molecule has 6 nitrogen and oxygen atoms in total. The summed E-state index contributed by atoms with van der Waals surface area (Å²) >= 11 is 0. The highest BCUT2D eigenvalue weighted by molar-refractivity contribution is 5.86. The number of nitrogens with zero attached hydrogens (tertiary/aromatic N) is 3. The Morgan fingerprint density at radius 2 is 2.00 bits per heavy atom. The van der Waals surface area contributed by atoms with Gasteiger partial charge in [-0.25, -0.2) is 9.48 Å². The van der Waals surface area contributed by atoms with E-state index in [-0.39, 0.29) is 11.2 Å². The molecule has 2 aromatic rings. The van der Waals surface area contributed by atoms with Crippen molar-refractivity contribution in [2.24, 2.45) is 0 Å². The second-order valence-corrected chi connectivity index (χ2v) is 3.47. The monoisotopic (exact) mass is 235 g/mol. The minimum atomic E-state index is -1.04. The van der Waals surface area contributed by atoms with Crippen LogP contribution < -0.4 is 0 Å². The van der Waals surface area contributed by atoms with E-state index >= 15 is 0 Å². The first-order chi connectivity index (χ1) is 7.68. The van der Waals surface area contributed by atoms with E-state index in [1.54, 1.807) is 11.6 Å². The van der Waals surface area contributed by atoms with E-state index in [2.05, 4.69) is 10.3 Å². The van der Waals surface area contributed by atoms with E-state index in [0.29, 0.717) is 12.2 Å². The number of hydrogen-bond donors (Lipinski definition) is 1. The van der Waals surface area contributed by atoms with Crippen molar-refractivity contribution >= 4 is 5.97 Å². The molecular formula is C11H13N3O3. The van der Waals surface area contributed by atoms with Crippen LogP contribution in [-0.4, -0.2) is 31.5 Å². The van der Waals surface area contributed by atoms with Crippen LogP contribution in [0.5, 0.6) is 0 Å². The molecule has 0 amide bonds. The molecule has 3 N–H and O–H groups in total. The average Bonchev–Trinajstić information content (AvgIpc) is 2.62. The molecule has 0 aliphatic rings. The van der Waals surface area contributed by atoms with Gasteiger partial charge in [-0.05, 0) is 12.5 Å². The van der Waals surface area contributed by atoms with Crippen molar-refractivity contribution in [1.82, 2.24) is 15.0 Å². The molecule has 0 bridgehead atoms. The van der Waals surface area contributed by atoms with Gasteiger partial charge >= 0.3 is 5.97 Å². The van der Waals surface area contributed by atoms with Crippen LogP contribution in [0.3, 0.4) is 0 Å². The first-order valence-electron chi connectivity index (χ1n) is 4.86. The van der Waals surface area contributed by atoms with E-state index in [0.717, 1.165) is 5.56 Å². The zero-order chi connectivity index (χ0) is 11.5. The van der Waals surface area contributed by atoms with Gasteiger partial charge in [-0.1, -0.05) is 35.5 Å². The standard InChI is InChI=1S/C11H11N3O2.H2O/c1-8-10(11(15)16)12-13-14(8)7-9-5-3-2-4-6-9;/h2-6H,7H2,1H3,(H,15,16);1H2. The second kappa shape index (κ2) is 5.22. The molecule has 0 unspecified atom stereocenters. The molecular weight excluding hydrogens is 222 g/mol. The highest BCUT2D eigenvalue weighted by Gasteiger charge is 2.14. The number of aromatic carboxylic acids is 1. The minimum absolute atomic E-state index is 0. The number of benzene rings is 1. The molecule has 0 saturated carbocycles. The van der Waals surface area contributed by atoms with E-state index in [9.17, 15) is 4.79 Å². The van der Waals surface area contributed by atoms with Gasteiger partial charge < -0.3 is 10.6 Å². The molecule has 0 radical (unpaired) electrons. The van der Waals surface area contributed by atoms with Gasteiger partial charge in [0.15, 0.2) is 5.69 Å². The van der Waals surface area contributed by atoms with Crippen LogP contribution >= 0.6 is 0 Å². The minimum Gasteiger partial charge on any atom is -0.476 e. The van der Waals surface area contributed by atoms with Crippen LogP contribution in [0.1, 0.15) is 21.7 Å². The van der Waals surface area contributed by atoms with Crippen LogP contribution in [0, 0.1) is 6.92 Å². The van der Waals surface area contributed by atoms with Gasteiger partial charge in [-0.2, -0.15) is 0 Å². The smallest absolute Gasteiger partial charge is 0.358 e. The largest absolute Gasteiger partial charge is 0.476 e. The summed E-state index contributed by atoms with van der Waals surface area (Å²) in [4.78, 5) is 10.8. The van der Waals surface area contributed by atoms with Gasteiger partial charge in [-0.15, -0.1) is 5.10 Å². The Labute approximate surface area is 97.8 Å². The van der Waals surface area contributed by atoms with E-state index in [4.69, 9.17) is 5.11 Å². The Hall–Kier alpha value is -2.21. The number of carboxylic acids is 1. The normalized spacial score (nSPS) is 9.71. The summed E-state index contributed by atoms with van der Waals surface area (Å²) in [5.41, 5.74) is 1.64. The maximum atomic E-state index is 10.8. The maximum Gasteiger partial charge on any atom is 0.358 e. The molecule has 17 heavy (non-hydrogen) atoms. The van der Waals surface area contributed by atoms with Crippen LogP contribution in [0.15, 0.2) is 30.3 Å². The van der Waals surface area contributed by atoms with Gasteiger partial charge in [0.25, 0.3) is 0 Å². The van der Waals surface area contributed by atoms with Crippen molar-refractivity contribution in [2.75, 3.05) is 0 Å². The number of aromatic nitrogens is 3. The lowest BCUT2D eigenvalue weighted by Crippen LogP contribution is -2.05. The fraction of sp³-hybridized carbons (Fsp3) is 0.182. The Kier molecular flexibility index (Phi) is 3.95. The Morgan fingerprint density at radius 3 is 2.53 bits per heavy atom. The second-order valence-electron chi connectivity index (χ2n) is 3.47. The van der Waals surface area contributed by atoms with Crippen LogP contribution in [0.4, 0.5) is 0 Å². The number of rotatable bonds is 3. The van der Waals surface area contributed by atoms with Crippen molar-refractivity contribution in [2.45, 2.75) is 13.5 Å². The molecule has 0 fully saturated rings. The van der Waals surface area contributed by atoms with Crippen molar-refractivity contribution in [3.63, 3.8) is 0 Å². The first kappa shape index (κ1) is 12.9. The molecule has 0 aliphatic heterocycles. The first-order valence-corrected chi connectivity index (χ1v) is 4.86. The van der Waals surface area contributed by atoms with E-state index < -0.39 is 5.97 Å². The third-order valence-corrected chi connectivity index (χ3v) is 2.36. The highest BCUT2D eigenvalue weighted by atomic mass is 16.4. The predicted octanol–water partition coefficient (Wildman–Crippen LogP) is 0.508. The molecule has 1 aromatic heterocycles. The van der Waals surface area contributed by atoms with Crippen molar-refractivity contribution in [3.8, 4) is 0 Å². The molecule has 0 saturated heterocycles. The summed E-state index contributed by atoms with van der Waals surface area (Å²) in [6.45, 7) is 2.24. The number of carbonyl (C=O) groups is 1. The quantitative estimate of drug-likeness (QED) is 0.837. The molecule has 0 spiro atoms. The molecule has 6 heteroatoms. The fourth-order valence-electron chi connectivity index (χ4n) is 1.46. The van der Waals surface area contributed by atoms with Crippen molar-refractivity contribution in [1.29, 1.82) is 0 Å². The molecule has 0 atom stereocenters. The van der Waals surface area contributed by atoms with Gasteiger partial charge in [-0.3, -0.25) is 0 Å². The Morgan fingerprint density at radius 1 is 1.35 bits per heavy atom. The number of carboxylic acid groups (broad SMARTS) is 1. The maximum absolute atomic E-state index is 10.8. The predicted molar refractivity (Wildman–Crippen MR) is 60.9 cm³/mol. The summed E-state index contributed by atoms with van der Waals surface area (Å²) in [5.74, 6) is -1.04. The average molecular weight is 235 g/mol. The summed E-state index contributed by atoms with van der Waals surface area (Å²) in [6, 6.07) is 9.71. The lowest BCUT2D eigenvalue weighted by molar-refractivity contribution is 0.0689. The summed E-state index contributed by atoms with van der Waals surface area (Å²) < 4.78 is 1.58. The van der Waals surface area contributed by atoms with Gasteiger partial charge in [0.1, 0.15) is 0 Å². The fourth-order valence-corrected chi connectivity index (χ4v) is 1.46. The summed E-state index contributed by atoms with van der Waals surface area (Å²) in [6.07, 6.45) is 0. The third kappa shape index (κ3) is 2.67. The lowest BCUT2D eigenvalue weighted by atomic mass is 10.2. The lowest BCUT2D eigenvalue weighted by Gasteiger charge is -2.02. The summed E-state index contributed by atoms with van der Waals surface area (Å²) in [7, 11) is 0. The zero-order valence-corrected chi connectivity index (χ0v) is 9.29. The molecule has 90 valence electrons. The Bertz CT molecular complexity index is 508. The van der Waals surface area contributed by atoms with Crippen LogP contribution in [0.25, 0.3) is 0 Å². The molecule has 1 aromatic carbocycles. The van der Waals surface area contributed by atoms with Gasteiger partial charge in [0.05, 0.1) is 12.2 Å². The third-order valence-electron chi connectivity index (χ3n) is 2.36. The van der Waals surface area contributed by atoms with Crippen LogP contribution in [-0.2, 0) is 6.54 Å². The Balaban J connectivity index is 0.00000144. The molecule has 2 rings (SSSR count). The van der Waals surface area contributed by atoms with Crippen molar-refractivity contribution < 1.29 is 15.4 Å². The highest BCUT2D eigenvalue weighted by Crippen LogP contribution is 2.07. The number of hydrogen-bond acceptors (Lipinski definition) is 3. The SMILES string of the molecule is Cc1c(C(=O)O)nnn1Cc1ccccc1.O. The van der Waals surface area contributed by atoms with Crippen LogP contribution in [0.2, 0.25) is 0 Å². The van der Waals surface area contributed by atoms with Gasteiger partial charge in [0.2, 0.25) is 0 Å². The van der Waals surface area contributed by atoms with E-state index in [1.807, 2.05) is 30.3 Å². The van der Waals surface area contributed by atoms with E-state index in [1.165, 1.54) is 0 Å². The zero-order valence-electron chi connectivity index (χ0n) is 9.29. The van der Waals surface area contributed by atoms with Gasteiger partial charge in [0, 0.05) is 0 Å². The summed E-state index contributed by atoms with van der Waals surface area (Å²) in [5, 5.41) is 16.3. The molecule has 0 aliphatic carbocycles. The topological polar surface area (TPSA) is 99.5 Å². The van der Waals surface area contributed by atoms with Crippen molar-refractivity contribution in [3.05, 3.63) is 47.3 Å². The molecule has 1 heterocycles.